The Kier molecular flexibility index (Phi) is 4.11. The van der Waals surface area contributed by atoms with Crippen LogP contribution in [0.15, 0.2) is 16.5 Å². The molecule has 94 valence electrons. The molecular formula is C13H18ClNO2. The Morgan fingerprint density at radius 1 is 1.47 bits per heavy atom. The first-order valence-corrected chi connectivity index (χ1v) is 6.59. The van der Waals surface area contributed by atoms with Crippen LogP contribution in [0.5, 0.6) is 0 Å². The minimum Gasteiger partial charge on any atom is -0.456 e. The second-order valence-corrected chi connectivity index (χ2v) is 5.24. The summed E-state index contributed by atoms with van der Waals surface area (Å²) in [4.78, 5) is 11.8. The van der Waals surface area contributed by atoms with Crippen molar-refractivity contribution in [1.29, 1.82) is 0 Å². The van der Waals surface area contributed by atoms with Crippen molar-refractivity contribution < 1.29 is 9.21 Å². The lowest BCUT2D eigenvalue weighted by molar-refractivity contribution is 0.0915. The van der Waals surface area contributed by atoms with E-state index in [0.29, 0.717) is 18.2 Å². The van der Waals surface area contributed by atoms with Crippen LogP contribution >= 0.6 is 11.6 Å². The maximum Gasteiger partial charge on any atom is 0.287 e. The number of furan rings is 1. The Morgan fingerprint density at radius 3 is 2.88 bits per heavy atom. The number of aryl methyl sites for hydroxylation is 1. The molecule has 1 saturated carbocycles. The fourth-order valence-corrected chi connectivity index (χ4v) is 2.63. The highest BCUT2D eigenvalue weighted by molar-refractivity contribution is 6.20. The second kappa shape index (κ2) is 5.58. The monoisotopic (exact) mass is 255 g/mol. The van der Waals surface area contributed by atoms with Crippen molar-refractivity contribution in [3.8, 4) is 0 Å². The third kappa shape index (κ3) is 3.25. The highest BCUT2D eigenvalue weighted by Gasteiger charge is 2.23. The Hall–Kier alpha value is -0.960. The molecule has 1 aliphatic carbocycles. The van der Waals surface area contributed by atoms with E-state index in [1.54, 1.807) is 12.1 Å². The number of nitrogens with one attached hydrogen (secondary N) is 1. The average molecular weight is 256 g/mol. The molecule has 0 aromatic carbocycles. The molecular weight excluding hydrogens is 238 g/mol. The van der Waals surface area contributed by atoms with E-state index in [-0.39, 0.29) is 11.3 Å². The van der Waals surface area contributed by atoms with Crippen molar-refractivity contribution in [1.82, 2.24) is 5.32 Å². The van der Waals surface area contributed by atoms with Crippen LogP contribution in [-0.2, 0) is 0 Å². The zero-order chi connectivity index (χ0) is 12.3. The zero-order valence-electron chi connectivity index (χ0n) is 10.0. The number of rotatable bonds is 3. The van der Waals surface area contributed by atoms with Gasteiger partial charge < -0.3 is 9.73 Å². The molecule has 2 atom stereocenters. The summed E-state index contributed by atoms with van der Waals surface area (Å²) in [6.07, 6.45) is 4.58. The summed E-state index contributed by atoms with van der Waals surface area (Å²) in [5.41, 5.74) is 0. The normalized spacial score (nSPS) is 24.6. The summed E-state index contributed by atoms with van der Waals surface area (Å²) in [5.74, 6) is 1.38. The van der Waals surface area contributed by atoms with Crippen molar-refractivity contribution in [3.05, 3.63) is 23.7 Å². The zero-order valence-corrected chi connectivity index (χ0v) is 10.8. The molecule has 1 fully saturated rings. The summed E-state index contributed by atoms with van der Waals surface area (Å²) in [7, 11) is 0. The highest BCUT2D eigenvalue weighted by atomic mass is 35.5. The molecule has 2 rings (SSSR count). The van der Waals surface area contributed by atoms with Gasteiger partial charge >= 0.3 is 0 Å². The molecule has 4 heteroatoms. The van der Waals surface area contributed by atoms with Crippen molar-refractivity contribution >= 4 is 17.5 Å². The Bertz CT molecular complexity index is 389. The van der Waals surface area contributed by atoms with Crippen molar-refractivity contribution in [2.75, 3.05) is 6.54 Å². The number of hydrogen-bond acceptors (Lipinski definition) is 2. The van der Waals surface area contributed by atoms with Gasteiger partial charge in [-0.1, -0.05) is 12.8 Å². The summed E-state index contributed by atoms with van der Waals surface area (Å²) < 4.78 is 5.27. The summed E-state index contributed by atoms with van der Waals surface area (Å²) >= 11 is 6.24. The Morgan fingerprint density at radius 2 is 2.24 bits per heavy atom. The van der Waals surface area contributed by atoms with E-state index < -0.39 is 0 Å². The number of carbonyl (C=O) groups excluding carboxylic acids is 1. The minimum atomic E-state index is -0.146. The van der Waals surface area contributed by atoms with Gasteiger partial charge in [0.25, 0.3) is 5.91 Å². The molecule has 17 heavy (non-hydrogen) atoms. The van der Waals surface area contributed by atoms with Gasteiger partial charge in [0.15, 0.2) is 5.76 Å². The maximum absolute atomic E-state index is 11.8. The molecule has 1 amide bonds. The number of amides is 1. The SMILES string of the molecule is Cc1ccc(C(=O)NCC2CCCCC2Cl)o1. The second-order valence-electron chi connectivity index (χ2n) is 4.68. The predicted molar refractivity (Wildman–Crippen MR) is 67.4 cm³/mol. The lowest BCUT2D eigenvalue weighted by atomic mass is 9.89. The van der Waals surface area contributed by atoms with Crippen LogP contribution < -0.4 is 5.32 Å². The fraction of sp³-hybridized carbons (Fsp3) is 0.615. The van der Waals surface area contributed by atoms with E-state index in [1.807, 2.05) is 6.92 Å². The van der Waals surface area contributed by atoms with Gasteiger partial charge in [0, 0.05) is 11.9 Å². The highest BCUT2D eigenvalue weighted by Crippen LogP contribution is 2.28. The molecule has 0 saturated heterocycles. The molecule has 1 aromatic rings. The third-order valence-electron chi connectivity index (χ3n) is 3.31. The van der Waals surface area contributed by atoms with Crippen molar-refractivity contribution in [3.63, 3.8) is 0 Å². The lowest BCUT2D eigenvalue weighted by Crippen LogP contribution is -2.34. The Labute approximate surface area is 107 Å². The summed E-state index contributed by atoms with van der Waals surface area (Å²) in [6, 6.07) is 3.49. The first-order valence-electron chi connectivity index (χ1n) is 6.15. The molecule has 1 heterocycles. The van der Waals surface area contributed by atoms with Gasteiger partial charge in [-0.05, 0) is 37.8 Å². The molecule has 1 N–H and O–H groups in total. The quantitative estimate of drug-likeness (QED) is 0.844. The molecule has 0 aliphatic heterocycles. The number of hydrogen-bond donors (Lipinski definition) is 1. The van der Waals surface area contributed by atoms with Gasteiger partial charge in [0.1, 0.15) is 5.76 Å². The van der Waals surface area contributed by atoms with E-state index >= 15 is 0 Å². The molecule has 1 aliphatic rings. The van der Waals surface area contributed by atoms with Gasteiger partial charge in [-0.15, -0.1) is 11.6 Å². The van der Waals surface area contributed by atoms with Crippen LogP contribution in [0.25, 0.3) is 0 Å². The smallest absolute Gasteiger partial charge is 0.287 e. The van der Waals surface area contributed by atoms with Gasteiger partial charge in [-0.3, -0.25) is 4.79 Å². The number of halogens is 1. The first kappa shape index (κ1) is 12.5. The van der Waals surface area contributed by atoms with Crippen molar-refractivity contribution in [2.24, 2.45) is 5.92 Å². The van der Waals surface area contributed by atoms with Crippen LogP contribution in [0.4, 0.5) is 0 Å². The van der Waals surface area contributed by atoms with Crippen LogP contribution in [0.3, 0.4) is 0 Å². The number of carbonyl (C=O) groups is 1. The van der Waals surface area contributed by atoms with Gasteiger partial charge in [0.05, 0.1) is 0 Å². The van der Waals surface area contributed by atoms with E-state index in [9.17, 15) is 4.79 Å². The predicted octanol–water partition coefficient (Wildman–Crippen LogP) is 3.12. The van der Waals surface area contributed by atoms with Crippen LogP contribution in [0.2, 0.25) is 0 Å². The van der Waals surface area contributed by atoms with Gasteiger partial charge in [-0.2, -0.15) is 0 Å². The van der Waals surface area contributed by atoms with Crippen LogP contribution in [-0.4, -0.2) is 17.8 Å². The van der Waals surface area contributed by atoms with Crippen molar-refractivity contribution in [2.45, 2.75) is 38.0 Å². The third-order valence-corrected chi connectivity index (χ3v) is 3.88. The standard InChI is InChI=1S/C13H18ClNO2/c1-9-6-7-12(17-9)13(16)15-8-10-4-2-3-5-11(10)14/h6-7,10-11H,2-5,8H2,1H3,(H,15,16). The topological polar surface area (TPSA) is 42.2 Å². The number of alkyl halides is 1. The van der Waals surface area contributed by atoms with Crippen LogP contribution in [0, 0.1) is 12.8 Å². The van der Waals surface area contributed by atoms with Gasteiger partial charge in [-0.25, -0.2) is 0 Å². The fourth-order valence-electron chi connectivity index (χ4n) is 2.26. The maximum atomic E-state index is 11.8. The molecule has 0 spiro atoms. The lowest BCUT2D eigenvalue weighted by Gasteiger charge is -2.26. The minimum absolute atomic E-state index is 0.146. The molecule has 2 unspecified atom stereocenters. The molecule has 0 radical (unpaired) electrons. The van der Waals surface area contributed by atoms with E-state index in [1.165, 1.54) is 12.8 Å². The van der Waals surface area contributed by atoms with E-state index in [4.69, 9.17) is 16.0 Å². The average Bonchev–Trinajstić information content (AvgIpc) is 2.74. The molecule has 0 bridgehead atoms. The van der Waals surface area contributed by atoms with Gasteiger partial charge in [0.2, 0.25) is 0 Å². The Balaban J connectivity index is 1.83. The van der Waals surface area contributed by atoms with E-state index in [0.717, 1.165) is 18.6 Å². The first-order chi connectivity index (χ1) is 8.16. The largest absolute Gasteiger partial charge is 0.456 e. The molecule has 1 aromatic heterocycles. The van der Waals surface area contributed by atoms with Crippen LogP contribution in [0.1, 0.15) is 42.0 Å². The van der Waals surface area contributed by atoms with E-state index in [2.05, 4.69) is 5.32 Å². The summed E-state index contributed by atoms with van der Waals surface area (Å²) in [6.45, 7) is 2.47. The summed E-state index contributed by atoms with van der Waals surface area (Å²) in [5, 5.41) is 3.09. The molecule has 3 nitrogen and oxygen atoms in total.